The summed E-state index contributed by atoms with van der Waals surface area (Å²) in [4.78, 5) is 23.6. The molecule has 17 heavy (non-hydrogen) atoms. The van der Waals surface area contributed by atoms with Gasteiger partial charge in [0.2, 0.25) is 5.91 Å². The number of amides is 1. The molecule has 0 aromatic heterocycles. The number of carboxylic acid groups (broad SMARTS) is 1. The summed E-state index contributed by atoms with van der Waals surface area (Å²) in [6, 6.07) is 0. The minimum Gasteiger partial charge on any atom is -0.480 e. The van der Waals surface area contributed by atoms with Crippen LogP contribution in [0.2, 0.25) is 0 Å². The summed E-state index contributed by atoms with van der Waals surface area (Å²) in [7, 11) is 0. The highest BCUT2D eigenvalue weighted by atomic mass is 32.2. The van der Waals surface area contributed by atoms with Crippen molar-refractivity contribution in [3.63, 3.8) is 0 Å². The third kappa shape index (κ3) is 3.27. The number of carbonyl (C=O) groups is 2. The fourth-order valence-corrected chi connectivity index (χ4v) is 2.25. The van der Waals surface area contributed by atoms with Gasteiger partial charge >= 0.3 is 11.5 Å². The summed E-state index contributed by atoms with van der Waals surface area (Å²) in [5, 5.41) is 9.00. The standard InChI is InChI=1S/C9H12F3NO3S/c1-8(7(15)16)3-2-4-13(8)6(14)5-17-9(10,11)12/h2-5H2,1H3,(H,15,16). The van der Waals surface area contributed by atoms with Gasteiger partial charge < -0.3 is 10.0 Å². The average molecular weight is 271 g/mol. The molecule has 8 heteroatoms. The number of hydrogen-bond donors (Lipinski definition) is 1. The van der Waals surface area contributed by atoms with Crippen LogP contribution in [-0.4, -0.2) is 45.2 Å². The number of likely N-dealkylation sites (tertiary alicyclic amines) is 1. The van der Waals surface area contributed by atoms with Gasteiger partial charge in [0.05, 0.1) is 5.75 Å². The van der Waals surface area contributed by atoms with E-state index in [2.05, 4.69) is 0 Å². The third-order valence-corrected chi connectivity index (χ3v) is 3.48. The molecule has 98 valence electrons. The molecule has 1 fully saturated rings. The first kappa shape index (κ1) is 14.1. The van der Waals surface area contributed by atoms with Crippen molar-refractivity contribution in [2.45, 2.75) is 30.8 Å². The quantitative estimate of drug-likeness (QED) is 0.849. The van der Waals surface area contributed by atoms with E-state index in [0.717, 1.165) is 4.90 Å². The Labute approximate surface area is 100 Å². The lowest BCUT2D eigenvalue weighted by Gasteiger charge is -2.31. The van der Waals surface area contributed by atoms with Crippen LogP contribution >= 0.6 is 11.8 Å². The summed E-state index contributed by atoms with van der Waals surface area (Å²) in [5.74, 6) is -2.73. The van der Waals surface area contributed by atoms with E-state index in [1.165, 1.54) is 6.92 Å². The normalized spacial score (nSPS) is 25.1. The zero-order valence-corrected chi connectivity index (χ0v) is 9.90. The van der Waals surface area contributed by atoms with Crippen LogP contribution < -0.4 is 0 Å². The van der Waals surface area contributed by atoms with Gasteiger partial charge in [0.25, 0.3) is 0 Å². The summed E-state index contributed by atoms with van der Waals surface area (Å²) in [6.07, 6.45) is 0.760. The molecule has 4 nitrogen and oxygen atoms in total. The Balaban J connectivity index is 2.66. The molecule has 1 aliphatic heterocycles. The van der Waals surface area contributed by atoms with Gasteiger partial charge in [-0.25, -0.2) is 4.79 Å². The maximum Gasteiger partial charge on any atom is 0.442 e. The molecule has 0 saturated carbocycles. The first-order valence-electron chi connectivity index (χ1n) is 4.91. The van der Waals surface area contributed by atoms with Crippen molar-refractivity contribution in [3.05, 3.63) is 0 Å². The van der Waals surface area contributed by atoms with E-state index < -0.39 is 40.4 Å². The summed E-state index contributed by atoms with van der Waals surface area (Å²) in [5.41, 5.74) is -5.85. The molecular formula is C9H12F3NO3S. The van der Waals surface area contributed by atoms with Gasteiger partial charge in [-0.15, -0.1) is 0 Å². The van der Waals surface area contributed by atoms with Crippen LogP contribution in [0.5, 0.6) is 0 Å². The maximum atomic E-state index is 11.9. The smallest absolute Gasteiger partial charge is 0.442 e. The average Bonchev–Trinajstić information content (AvgIpc) is 2.57. The largest absolute Gasteiger partial charge is 0.480 e. The predicted octanol–water partition coefficient (Wildman–Crippen LogP) is 1.71. The lowest BCUT2D eigenvalue weighted by molar-refractivity contribution is -0.154. The van der Waals surface area contributed by atoms with Crippen LogP contribution in [0.15, 0.2) is 0 Å². The number of alkyl halides is 3. The Morgan fingerprint density at radius 1 is 1.47 bits per heavy atom. The molecule has 1 aliphatic rings. The lowest BCUT2D eigenvalue weighted by atomic mass is 9.99. The van der Waals surface area contributed by atoms with Gasteiger partial charge in [0, 0.05) is 6.54 Å². The van der Waals surface area contributed by atoms with Crippen molar-refractivity contribution in [2.24, 2.45) is 0 Å². The first-order chi connectivity index (χ1) is 7.67. The molecule has 0 aromatic carbocycles. The number of carboxylic acids is 1. The van der Waals surface area contributed by atoms with Gasteiger partial charge in [0.1, 0.15) is 5.54 Å². The second kappa shape index (κ2) is 4.75. The Kier molecular flexibility index (Phi) is 3.95. The van der Waals surface area contributed by atoms with Crippen molar-refractivity contribution in [1.29, 1.82) is 0 Å². The van der Waals surface area contributed by atoms with Crippen LogP contribution in [-0.2, 0) is 9.59 Å². The first-order valence-corrected chi connectivity index (χ1v) is 5.90. The molecule has 1 N–H and O–H groups in total. The van der Waals surface area contributed by atoms with Gasteiger partial charge in [-0.2, -0.15) is 13.2 Å². The number of carbonyl (C=O) groups excluding carboxylic acids is 1. The van der Waals surface area contributed by atoms with Crippen LogP contribution in [0.25, 0.3) is 0 Å². The van der Waals surface area contributed by atoms with Crippen LogP contribution in [0, 0.1) is 0 Å². The van der Waals surface area contributed by atoms with E-state index in [1.54, 1.807) is 0 Å². The number of aliphatic carboxylic acids is 1. The number of thioether (sulfide) groups is 1. The monoisotopic (exact) mass is 271 g/mol. The minimum absolute atomic E-state index is 0.194. The molecule has 1 unspecified atom stereocenters. The summed E-state index contributed by atoms with van der Waals surface area (Å²) >= 11 is -0.443. The molecule has 1 saturated heterocycles. The summed E-state index contributed by atoms with van der Waals surface area (Å²) < 4.78 is 35.8. The zero-order chi connectivity index (χ0) is 13.3. The van der Waals surface area contributed by atoms with E-state index in [4.69, 9.17) is 5.11 Å². The van der Waals surface area contributed by atoms with Crippen molar-refractivity contribution < 1.29 is 27.9 Å². The predicted molar refractivity (Wildman–Crippen MR) is 55.5 cm³/mol. The highest BCUT2D eigenvalue weighted by Gasteiger charge is 2.46. The SMILES string of the molecule is CC1(C(=O)O)CCCN1C(=O)CSC(F)(F)F. The van der Waals surface area contributed by atoms with Crippen LogP contribution in [0.3, 0.4) is 0 Å². The molecule has 0 spiro atoms. The van der Waals surface area contributed by atoms with Gasteiger partial charge in [-0.05, 0) is 31.5 Å². The third-order valence-electron chi connectivity index (χ3n) is 2.76. The number of hydrogen-bond acceptors (Lipinski definition) is 3. The molecular weight excluding hydrogens is 259 g/mol. The van der Waals surface area contributed by atoms with Crippen molar-refractivity contribution in [1.82, 2.24) is 4.90 Å². The van der Waals surface area contributed by atoms with Gasteiger partial charge in [0.15, 0.2) is 0 Å². The van der Waals surface area contributed by atoms with E-state index >= 15 is 0 Å². The molecule has 1 heterocycles. The number of halogens is 3. The molecule has 0 aliphatic carbocycles. The highest BCUT2D eigenvalue weighted by Crippen LogP contribution is 2.33. The molecule has 1 amide bonds. The van der Waals surface area contributed by atoms with Gasteiger partial charge in [-0.1, -0.05) is 0 Å². The van der Waals surface area contributed by atoms with E-state index in [1.807, 2.05) is 0 Å². The summed E-state index contributed by atoms with van der Waals surface area (Å²) in [6.45, 7) is 1.55. The second-order valence-corrected chi connectivity index (χ2v) is 5.00. The van der Waals surface area contributed by atoms with Crippen molar-refractivity contribution in [2.75, 3.05) is 12.3 Å². The van der Waals surface area contributed by atoms with Crippen molar-refractivity contribution in [3.8, 4) is 0 Å². The van der Waals surface area contributed by atoms with E-state index in [0.29, 0.717) is 6.42 Å². The zero-order valence-electron chi connectivity index (χ0n) is 9.08. The Hall–Kier alpha value is -0.920. The number of nitrogens with zero attached hydrogens (tertiary/aromatic N) is 1. The fraction of sp³-hybridized carbons (Fsp3) is 0.778. The Morgan fingerprint density at radius 2 is 2.06 bits per heavy atom. The maximum absolute atomic E-state index is 11.9. The fourth-order valence-electron chi connectivity index (χ4n) is 1.81. The van der Waals surface area contributed by atoms with Crippen molar-refractivity contribution >= 4 is 23.6 Å². The molecule has 1 atom stereocenters. The van der Waals surface area contributed by atoms with E-state index in [-0.39, 0.29) is 13.0 Å². The van der Waals surface area contributed by atoms with Gasteiger partial charge in [-0.3, -0.25) is 4.79 Å². The number of rotatable bonds is 3. The molecule has 0 bridgehead atoms. The molecule has 1 rings (SSSR count). The minimum atomic E-state index is -4.48. The molecule has 0 radical (unpaired) electrons. The van der Waals surface area contributed by atoms with E-state index in [9.17, 15) is 22.8 Å². The van der Waals surface area contributed by atoms with Crippen LogP contribution in [0.1, 0.15) is 19.8 Å². The molecule has 0 aromatic rings. The second-order valence-electron chi connectivity index (χ2n) is 3.96. The Morgan fingerprint density at radius 3 is 2.53 bits per heavy atom. The highest BCUT2D eigenvalue weighted by molar-refractivity contribution is 8.00. The Bertz CT molecular complexity index is 334. The topological polar surface area (TPSA) is 57.6 Å². The lowest BCUT2D eigenvalue weighted by Crippen LogP contribution is -2.51. The van der Waals surface area contributed by atoms with Crippen LogP contribution in [0.4, 0.5) is 13.2 Å².